The Hall–Kier alpha value is -2.34. The van der Waals surface area contributed by atoms with Gasteiger partial charge in [-0.25, -0.2) is 0 Å². The molecular formula is C20H21NO4S. The molecule has 136 valence electrons. The highest BCUT2D eigenvalue weighted by Crippen LogP contribution is 2.34. The number of nitrogens with zero attached hydrogens (tertiary/aromatic N) is 1. The number of benzene rings is 1. The van der Waals surface area contributed by atoms with Crippen LogP contribution in [0.4, 0.5) is 0 Å². The lowest BCUT2D eigenvalue weighted by Gasteiger charge is -2.24. The van der Waals surface area contributed by atoms with Crippen molar-refractivity contribution in [3.63, 3.8) is 0 Å². The van der Waals surface area contributed by atoms with E-state index in [1.165, 1.54) is 5.56 Å². The van der Waals surface area contributed by atoms with Gasteiger partial charge >= 0.3 is 0 Å². The van der Waals surface area contributed by atoms with Gasteiger partial charge in [0.15, 0.2) is 17.3 Å². The number of carbonyl (C=O) groups is 2. The van der Waals surface area contributed by atoms with E-state index in [2.05, 4.69) is 11.4 Å². The van der Waals surface area contributed by atoms with Crippen molar-refractivity contribution in [1.29, 1.82) is 0 Å². The van der Waals surface area contributed by atoms with E-state index in [1.807, 2.05) is 10.3 Å². The Morgan fingerprint density at radius 3 is 2.77 bits per heavy atom. The van der Waals surface area contributed by atoms with E-state index < -0.39 is 0 Å². The molecule has 0 bridgehead atoms. The van der Waals surface area contributed by atoms with E-state index >= 15 is 0 Å². The molecule has 1 unspecified atom stereocenters. The number of amides is 1. The van der Waals surface area contributed by atoms with Crippen LogP contribution in [0, 0.1) is 0 Å². The molecule has 0 saturated carbocycles. The molecule has 3 heterocycles. The topological polar surface area (TPSA) is 55.8 Å². The van der Waals surface area contributed by atoms with Gasteiger partial charge in [-0.05, 0) is 53.4 Å². The number of hydrogen-bond donors (Lipinski definition) is 0. The number of hydrogen-bond acceptors (Lipinski definition) is 5. The predicted octanol–water partition coefficient (Wildman–Crippen LogP) is 3.85. The number of likely N-dealkylation sites (tertiary alicyclic amines) is 1. The fourth-order valence-corrected chi connectivity index (χ4v) is 4.31. The van der Waals surface area contributed by atoms with Gasteiger partial charge in [-0.3, -0.25) is 9.59 Å². The van der Waals surface area contributed by atoms with Crippen LogP contribution < -0.4 is 9.47 Å². The fraction of sp³-hybridized carbons (Fsp3) is 0.400. The summed E-state index contributed by atoms with van der Waals surface area (Å²) in [6, 6.07) is 7.46. The first kappa shape index (κ1) is 17.1. The Kier molecular flexibility index (Phi) is 4.93. The Balaban J connectivity index is 1.37. The molecule has 6 heteroatoms. The van der Waals surface area contributed by atoms with E-state index in [-0.39, 0.29) is 30.6 Å². The largest absolute Gasteiger partial charge is 0.486 e. The average Bonchev–Trinajstić information content (AvgIpc) is 3.36. The maximum absolute atomic E-state index is 12.7. The zero-order valence-corrected chi connectivity index (χ0v) is 15.3. The van der Waals surface area contributed by atoms with Gasteiger partial charge in [0.25, 0.3) is 0 Å². The van der Waals surface area contributed by atoms with Crippen molar-refractivity contribution in [3.05, 3.63) is 46.2 Å². The third kappa shape index (κ3) is 3.46. The Labute approximate surface area is 156 Å². The van der Waals surface area contributed by atoms with E-state index in [0.717, 1.165) is 19.4 Å². The molecule has 2 aliphatic rings. The van der Waals surface area contributed by atoms with Crippen molar-refractivity contribution in [2.24, 2.45) is 0 Å². The summed E-state index contributed by atoms with van der Waals surface area (Å²) < 4.78 is 11.0. The van der Waals surface area contributed by atoms with Gasteiger partial charge in [0.2, 0.25) is 5.91 Å². The molecule has 1 aromatic carbocycles. The second-order valence-electron chi connectivity index (χ2n) is 6.58. The molecule has 1 atom stereocenters. The normalized spacial score (nSPS) is 18.8. The Morgan fingerprint density at radius 2 is 1.96 bits per heavy atom. The van der Waals surface area contributed by atoms with Crippen molar-refractivity contribution in [2.75, 3.05) is 19.8 Å². The third-order valence-corrected chi connectivity index (χ3v) is 5.63. The number of fused-ring (bicyclic) bond motifs is 1. The second kappa shape index (κ2) is 7.50. The van der Waals surface area contributed by atoms with E-state index in [4.69, 9.17) is 9.47 Å². The van der Waals surface area contributed by atoms with Crippen LogP contribution in [0.2, 0.25) is 0 Å². The zero-order valence-electron chi connectivity index (χ0n) is 14.5. The van der Waals surface area contributed by atoms with Gasteiger partial charge in [0, 0.05) is 24.9 Å². The van der Waals surface area contributed by atoms with Crippen LogP contribution in [0.3, 0.4) is 0 Å². The number of carbonyl (C=O) groups excluding carboxylic acids is 2. The van der Waals surface area contributed by atoms with Gasteiger partial charge in [0.1, 0.15) is 13.2 Å². The second-order valence-corrected chi connectivity index (χ2v) is 7.36. The molecule has 4 rings (SSSR count). The first-order valence-electron chi connectivity index (χ1n) is 8.97. The Morgan fingerprint density at radius 1 is 1.12 bits per heavy atom. The van der Waals surface area contributed by atoms with E-state index in [1.54, 1.807) is 29.5 Å². The zero-order chi connectivity index (χ0) is 17.9. The van der Waals surface area contributed by atoms with Gasteiger partial charge < -0.3 is 14.4 Å². The fourth-order valence-electron chi connectivity index (χ4n) is 3.60. The summed E-state index contributed by atoms with van der Waals surface area (Å²) in [7, 11) is 0. The predicted molar refractivity (Wildman–Crippen MR) is 99.0 cm³/mol. The highest BCUT2D eigenvalue weighted by molar-refractivity contribution is 7.08. The highest BCUT2D eigenvalue weighted by Gasteiger charge is 2.30. The van der Waals surface area contributed by atoms with E-state index in [9.17, 15) is 9.59 Å². The third-order valence-electron chi connectivity index (χ3n) is 4.93. The van der Waals surface area contributed by atoms with Gasteiger partial charge in [-0.2, -0.15) is 11.3 Å². The first-order chi connectivity index (χ1) is 12.7. The lowest BCUT2D eigenvalue weighted by Crippen LogP contribution is -2.30. The summed E-state index contributed by atoms with van der Waals surface area (Å²) in [4.78, 5) is 27.1. The molecule has 5 nitrogen and oxygen atoms in total. The quantitative estimate of drug-likeness (QED) is 0.749. The van der Waals surface area contributed by atoms with Crippen LogP contribution in [-0.2, 0) is 4.79 Å². The molecule has 1 saturated heterocycles. The maximum atomic E-state index is 12.7. The summed E-state index contributed by atoms with van der Waals surface area (Å²) in [5.74, 6) is 1.29. The Bertz CT molecular complexity index is 802. The average molecular weight is 371 g/mol. The van der Waals surface area contributed by atoms with Crippen LogP contribution in [-0.4, -0.2) is 36.3 Å². The minimum atomic E-state index is -0.0402. The molecule has 2 aliphatic heterocycles. The smallest absolute Gasteiger partial charge is 0.223 e. The number of Topliss-reactive ketones (excluding diaryl/α,β-unsaturated/α-hetero) is 1. The standard InChI is InChI=1S/C20H21NO4S/c22-17(14-3-5-18-19(12-14)25-10-9-24-18)4-6-20(23)21-8-1-2-16(21)15-7-11-26-13-15/h3,5,7,11-13,16H,1-2,4,6,8-10H2. The SMILES string of the molecule is O=C(CCC(=O)N1CCCC1c1ccsc1)c1ccc2c(c1)OCCO2. The molecular weight excluding hydrogens is 350 g/mol. The molecule has 2 aromatic rings. The summed E-state index contributed by atoms with van der Waals surface area (Å²) in [5, 5.41) is 4.15. The molecule has 1 aromatic heterocycles. The van der Waals surface area contributed by atoms with Gasteiger partial charge in [-0.1, -0.05) is 0 Å². The minimum absolute atomic E-state index is 0.0402. The number of rotatable bonds is 5. The summed E-state index contributed by atoms with van der Waals surface area (Å²) in [6.45, 7) is 1.79. The van der Waals surface area contributed by atoms with Crippen molar-refractivity contribution < 1.29 is 19.1 Å². The van der Waals surface area contributed by atoms with Crippen LogP contribution in [0.15, 0.2) is 35.0 Å². The molecule has 1 amide bonds. The molecule has 0 spiro atoms. The number of ketones is 1. The van der Waals surface area contributed by atoms with Crippen LogP contribution >= 0.6 is 11.3 Å². The first-order valence-corrected chi connectivity index (χ1v) is 9.91. The summed E-state index contributed by atoms with van der Waals surface area (Å²) >= 11 is 1.65. The van der Waals surface area contributed by atoms with Crippen LogP contribution in [0.5, 0.6) is 11.5 Å². The summed E-state index contributed by atoms with van der Waals surface area (Å²) in [5.41, 5.74) is 1.77. The molecule has 0 N–H and O–H groups in total. The van der Waals surface area contributed by atoms with Crippen LogP contribution in [0.25, 0.3) is 0 Å². The number of thiophene rings is 1. The highest BCUT2D eigenvalue weighted by atomic mass is 32.1. The molecule has 26 heavy (non-hydrogen) atoms. The molecule has 0 radical (unpaired) electrons. The lowest BCUT2D eigenvalue weighted by atomic mass is 10.0. The lowest BCUT2D eigenvalue weighted by molar-refractivity contribution is -0.132. The van der Waals surface area contributed by atoms with Crippen LogP contribution in [0.1, 0.15) is 47.6 Å². The number of ether oxygens (including phenoxy) is 2. The van der Waals surface area contributed by atoms with Gasteiger partial charge in [-0.15, -0.1) is 0 Å². The van der Waals surface area contributed by atoms with Crippen molar-refractivity contribution >= 4 is 23.0 Å². The monoisotopic (exact) mass is 371 g/mol. The van der Waals surface area contributed by atoms with E-state index in [0.29, 0.717) is 30.3 Å². The summed E-state index contributed by atoms with van der Waals surface area (Å²) in [6.07, 6.45) is 2.47. The minimum Gasteiger partial charge on any atom is -0.486 e. The maximum Gasteiger partial charge on any atom is 0.223 e. The van der Waals surface area contributed by atoms with Crippen molar-refractivity contribution in [2.45, 2.75) is 31.7 Å². The molecule has 0 aliphatic carbocycles. The van der Waals surface area contributed by atoms with Gasteiger partial charge in [0.05, 0.1) is 6.04 Å². The van der Waals surface area contributed by atoms with Crippen molar-refractivity contribution in [3.8, 4) is 11.5 Å². The molecule has 1 fully saturated rings. The van der Waals surface area contributed by atoms with Crippen molar-refractivity contribution in [1.82, 2.24) is 4.90 Å².